The first-order valence-corrected chi connectivity index (χ1v) is 9.78. The van der Waals surface area contributed by atoms with Crippen molar-refractivity contribution >= 4 is 17.5 Å². The zero-order chi connectivity index (χ0) is 19.8. The molecule has 1 N–H and O–H groups in total. The van der Waals surface area contributed by atoms with Crippen molar-refractivity contribution in [1.29, 1.82) is 0 Å². The molecule has 0 saturated carbocycles. The molecule has 148 valence electrons. The Morgan fingerprint density at radius 3 is 2.82 bits per heavy atom. The third-order valence-electron chi connectivity index (χ3n) is 5.78. The van der Waals surface area contributed by atoms with Gasteiger partial charge >= 0.3 is 0 Å². The summed E-state index contributed by atoms with van der Waals surface area (Å²) in [6, 6.07) is 5.99. The summed E-state index contributed by atoms with van der Waals surface area (Å²) in [6.07, 6.45) is 1.85. The van der Waals surface area contributed by atoms with Crippen LogP contribution < -0.4 is 10.2 Å². The number of nitrogens with zero attached hydrogens (tertiary/aromatic N) is 6. The van der Waals surface area contributed by atoms with Gasteiger partial charge in [0.15, 0.2) is 5.65 Å². The fourth-order valence-electron chi connectivity index (χ4n) is 4.05. The molecule has 4 heterocycles. The van der Waals surface area contributed by atoms with Crippen molar-refractivity contribution in [3.8, 4) is 0 Å². The summed E-state index contributed by atoms with van der Waals surface area (Å²) in [6.45, 7) is 8.13. The average molecular weight is 381 g/mol. The number of fused-ring (bicyclic) bond motifs is 1. The molecule has 1 atom stereocenters. The number of hydrogen-bond donors (Lipinski definition) is 1. The normalized spacial score (nSPS) is 17.3. The lowest BCUT2D eigenvalue weighted by Gasteiger charge is -2.32. The Hall–Kier alpha value is -2.90. The third kappa shape index (κ3) is 3.23. The Morgan fingerprint density at radius 2 is 2.07 bits per heavy atom. The van der Waals surface area contributed by atoms with Gasteiger partial charge in [0.1, 0.15) is 0 Å². The highest BCUT2D eigenvalue weighted by Gasteiger charge is 2.28. The average Bonchev–Trinajstić information content (AvgIpc) is 3.22. The van der Waals surface area contributed by atoms with Crippen LogP contribution in [0.1, 0.15) is 35.5 Å². The van der Waals surface area contributed by atoms with Crippen LogP contribution in [0.15, 0.2) is 18.2 Å². The molecule has 0 radical (unpaired) electrons. The maximum Gasteiger partial charge on any atom is 0.231 e. The molecule has 1 aliphatic rings. The number of pyridine rings is 1. The summed E-state index contributed by atoms with van der Waals surface area (Å²) in [7, 11) is 1.93. The monoisotopic (exact) mass is 381 g/mol. The summed E-state index contributed by atoms with van der Waals surface area (Å²) in [4.78, 5) is 15.0. The van der Waals surface area contributed by atoms with Gasteiger partial charge in [-0.05, 0) is 45.7 Å². The zero-order valence-electron chi connectivity index (χ0n) is 16.9. The minimum absolute atomic E-state index is 0.0533. The van der Waals surface area contributed by atoms with Gasteiger partial charge in [-0.15, -0.1) is 10.2 Å². The fourth-order valence-corrected chi connectivity index (χ4v) is 4.05. The van der Waals surface area contributed by atoms with Crippen LogP contribution in [0.4, 0.5) is 5.95 Å². The molecule has 1 fully saturated rings. The summed E-state index contributed by atoms with van der Waals surface area (Å²) in [5, 5.41) is 16.2. The second kappa shape index (κ2) is 7.26. The summed E-state index contributed by atoms with van der Waals surface area (Å²) in [5.41, 5.74) is 5.09. The predicted octanol–water partition coefficient (Wildman–Crippen LogP) is 1.92. The maximum absolute atomic E-state index is 12.8. The minimum atomic E-state index is -0.0533. The first-order chi connectivity index (χ1) is 13.5. The number of anilines is 1. The smallest absolute Gasteiger partial charge is 0.231 e. The number of aryl methyl sites for hydroxylation is 3. The van der Waals surface area contributed by atoms with Crippen molar-refractivity contribution in [2.24, 2.45) is 13.0 Å². The van der Waals surface area contributed by atoms with Crippen molar-refractivity contribution in [2.45, 2.75) is 40.2 Å². The number of carbonyl (C=O) groups is 1. The van der Waals surface area contributed by atoms with E-state index in [2.05, 4.69) is 29.9 Å². The molecule has 0 spiro atoms. The number of nitrogens with one attached hydrogen (secondary N) is 1. The fraction of sp³-hybridized carbons (Fsp3) is 0.500. The summed E-state index contributed by atoms with van der Waals surface area (Å²) in [5.74, 6) is 0.866. The quantitative estimate of drug-likeness (QED) is 0.747. The van der Waals surface area contributed by atoms with Crippen LogP contribution in [0, 0.1) is 26.7 Å². The van der Waals surface area contributed by atoms with Crippen molar-refractivity contribution in [1.82, 2.24) is 29.7 Å². The molecule has 0 bridgehead atoms. The molecule has 1 amide bonds. The largest absolute Gasteiger partial charge is 0.352 e. The van der Waals surface area contributed by atoms with Crippen molar-refractivity contribution in [3.05, 3.63) is 40.8 Å². The molecule has 8 nitrogen and oxygen atoms in total. The van der Waals surface area contributed by atoms with E-state index in [1.54, 1.807) is 0 Å². The van der Waals surface area contributed by atoms with Gasteiger partial charge in [-0.2, -0.15) is 5.10 Å². The zero-order valence-corrected chi connectivity index (χ0v) is 16.9. The molecule has 3 aromatic rings. The number of rotatable bonds is 4. The number of hydrogen-bond acceptors (Lipinski definition) is 5. The summed E-state index contributed by atoms with van der Waals surface area (Å²) < 4.78 is 3.92. The molecule has 0 unspecified atom stereocenters. The molecule has 4 rings (SSSR count). The molecule has 8 heteroatoms. The molecule has 3 aromatic heterocycles. The summed E-state index contributed by atoms with van der Waals surface area (Å²) >= 11 is 0. The topological polar surface area (TPSA) is 80.3 Å². The predicted molar refractivity (Wildman–Crippen MR) is 107 cm³/mol. The van der Waals surface area contributed by atoms with E-state index in [-0.39, 0.29) is 11.8 Å². The maximum atomic E-state index is 12.8. The lowest BCUT2D eigenvalue weighted by Crippen LogP contribution is -2.43. The molecule has 0 aliphatic carbocycles. The van der Waals surface area contributed by atoms with Gasteiger partial charge < -0.3 is 10.2 Å². The Kier molecular flexibility index (Phi) is 4.78. The van der Waals surface area contributed by atoms with Gasteiger partial charge in [-0.1, -0.05) is 6.07 Å². The van der Waals surface area contributed by atoms with Gasteiger partial charge in [0.2, 0.25) is 11.9 Å². The molecular weight excluding hydrogens is 354 g/mol. The van der Waals surface area contributed by atoms with Crippen LogP contribution in [-0.2, 0) is 18.4 Å². The second-order valence-electron chi connectivity index (χ2n) is 7.64. The van der Waals surface area contributed by atoms with Gasteiger partial charge in [0.05, 0.1) is 11.6 Å². The van der Waals surface area contributed by atoms with Gasteiger partial charge in [0, 0.05) is 43.6 Å². The van der Waals surface area contributed by atoms with Crippen LogP contribution >= 0.6 is 0 Å². The van der Waals surface area contributed by atoms with E-state index in [0.717, 1.165) is 53.6 Å². The molecule has 1 saturated heterocycles. The van der Waals surface area contributed by atoms with E-state index < -0.39 is 0 Å². The van der Waals surface area contributed by atoms with E-state index >= 15 is 0 Å². The first kappa shape index (κ1) is 18.5. The number of carbonyl (C=O) groups excluding carboxylic acids is 1. The molecule has 28 heavy (non-hydrogen) atoms. The lowest BCUT2D eigenvalue weighted by atomic mass is 9.97. The second-order valence-corrected chi connectivity index (χ2v) is 7.64. The lowest BCUT2D eigenvalue weighted by molar-refractivity contribution is -0.125. The van der Waals surface area contributed by atoms with Crippen LogP contribution in [-0.4, -0.2) is 43.4 Å². The van der Waals surface area contributed by atoms with E-state index in [4.69, 9.17) is 0 Å². The van der Waals surface area contributed by atoms with E-state index in [0.29, 0.717) is 13.1 Å². The Morgan fingerprint density at radius 1 is 1.25 bits per heavy atom. The van der Waals surface area contributed by atoms with Crippen molar-refractivity contribution in [2.75, 3.05) is 18.0 Å². The Bertz CT molecular complexity index is 1020. The number of piperidine rings is 1. The van der Waals surface area contributed by atoms with Gasteiger partial charge in [0.25, 0.3) is 0 Å². The Labute approximate surface area is 164 Å². The third-order valence-corrected chi connectivity index (χ3v) is 5.78. The van der Waals surface area contributed by atoms with Crippen molar-refractivity contribution in [3.63, 3.8) is 0 Å². The number of aromatic nitrogens is 5. The van der Waals surface area contributed by atoms with Gasteiger partial charge in [-0.3, -0.25) is 13.9 Å². The number of amides is 1. The van der Waals surface area contributed by atoms with Crippen LogP contribution in [0.2, 0.25) is 0 Å². The highest BCUT2D eigenvalue weighted by molar-refractivity contribution is 5.79. The molecular formula is C20H27N7O. The highest BCUT2D eigenvalue weighted by atomic mass is 16.1. The van der Waals surface area contributed by atoms with Crippen LogP contribution in [0.5, 0.6) is 0 Å². The SMILES string of the molecule is Cc1nn(C)c(C)c1CNC(=O)[C@@H]1CCCN(c2nnc3cccc(C)n23)C1. The minimum Gasteiger partial charge on any atom is -0.352 e. The van der Waals surface area contributed by atoms with E-state index in [1.165, 1.54) is 0 Å². The van der Waals surface area contributed by atoms with Gasteiger partial charge in [-0.25, -0.2) is 0 Å². The molecule has 0 aromatic carbocycles. The van der Waals surface area contributed by atoms with Crippen molar-refractivity contribution < 1.29 is 4.79 Å². The molecule has 1 aliphatic heterocycles. The van der Waals surface area contributed by atoms with Crippen LogP contribution in [0.25, 0.3) is 5.65 Å². The van der Waals surface area contributed by atoms with E-state index in [1.807, 2.05) is 50.7 Å². The first-order valence-electron chi connectivity index (χ1n) is 9.78. The van der Waals surface area contributed by atoms with Crippen LogP contribution in [0.3, 0.4) is 0 Å². The van der Waals surface area contributed by atoms with E-state index in [9.17, 15) is 4.79 Å². The Balaban J connectivity index is 1.46. The standard InChI is InChI=1S/C20H27N7O/c1-13-7-5-9-18-22-23-20(27(13)18)26-10-6-8-16(12-26)19(28)21-11-17-14(2)24-25(4)15(17)3/h5,7,9,16H,6,8,10-12H2,1-4H3,(H,21,28)/t16-/m1/s1. The highest BCUT2D eigenvalue weighted by Crippen LogP contribution is 2.24.